The lowest BCUT2D eigenvalue weighted by atomic mass is 10.2. The Bertz CT molecular complexity index is 954. The van der Waals surface area contributed by atoms with Crippen LogP contribution in [0.15, 0.2) is 59.8 Å². The van der Waals surface area contributed by atoms with Crippen molar-refractivity contribution in [1.29, 1.82) is 0 Å². The second-order valence-electron chi connectivity index (χ2n) is 6.66. The number of methoxy groups -OCH3 is 1. The number of hydrogen-bond acceptors (Lipinski definition) is 5. The topological polar surface area (TPSA) is 69.0 Å². The van der Waals surface area contributed by atoms with Crippen LogP contribution in [0.2, 0.25) is 0 Å². The Morgan fingerprint density at radius 2 is 1.89 bits per heavy atom. The molecule has 144 valence electrons. The monoisotopic (exact) mass is 394 g/mol. The normalized spacial score (nSPS) is 13.3. The average molecular weight is 395 g/mol. The second-order valence-corrected chi connectivity index (χ2v) is 7.61. The highest BCUT2D eigenvalue weighted by Gasteiger charge is 2.31. The van der Waals surface area contributed by atoms with Crippen molar-refractivity contribution in [2.24, 2.45) is 0 Å². The van der Waals surface area contributed by atoms with Crippen LogP contribution in [-0.2, 0) is 11.3 Å². The first-order valence-electron chi connectivity index (χ1n) is 9.28. The highest BCUT2D eigenvalue weighted by Crippen LogP contribution is 2.41. The van der Waals surface area contributed by atoms with Crippen LogP contribution in [-0.4, -0.2) is 33.5 Å². The summed E-state index contributed by atoms with van der Waals surface area (Å²) in [6.45, 7) is 0.433. The summed E-state index contributed by atoms with van der Waals surface area (Å²) in [5.41, 5.74) is 1.98. The lowest BCUT2D eigenvalue weighted by molar-refractivity contribution is -0.118. The van der Waals surface area contributed by atoms with Gasteiger partial charge in [0.15, 0.2) is 5.16 Å². The number of rotatable bonds is 8. The van der Waals surface area contributed by atoms with Crippen LogP contribution in [0.3, 0.4) is 0 Å². The molecule has 1 aliphatic carbocycles. The van der Waals surface area contributed by atoms with E-state index in [1.165, 1.54) is 11.8 Å². The van der Waals surface area contributed by atoms with Gasteiger partial charge in [-0.15, -0.1) is 10.2 Å². The molecule has 0 unspecified atom stereocenters. The molecule has 0 aliphatic heterocycles. The molecule has 1 saturated carbocycles. The fourth-order valence-electron chi connectivity index (χ4n) is 3.02. The summed E-state index contributed by atoms with van der Waals surface area (Å²) < 4.78 is 7.40. The third-order valence-electron chi connectivity index (χ3n) is 4.62. The molecule has 4 rings (SSSR count). The Morgan fingerprint density at radius 3 is 2.64 bits per heavy atom. The average Bonchev–Trinajstić information content (AvgIpc) is 3.50. The maximum atomic E-state index is 12.4. The number of aromatic nitrogens is 3. The number of carbonyl (C=O) groups excluding carboxylic acids is 1. The van der Waals surface area contributed by atoms with E-state index in [1.807, 2.05) is 54.6 Å². The van der Waals surface area contributed by atoms with E-state index < -0.39 is 0 Å². The number of amides is 1. The van der Waals surface area contributed by atoms with Crippen molar-refractivity contribution >= 4 is 17.7 Å². The fourth-order valence-corrected chi connectivity index (χ4v) is 3.81. The molecule has 1 heterocycles. The van der Waals surface area contributed by atoms with Gasteiger partial charge in [-0.1, -0.05) is 48.2 Å². The molecule has 2 aromatic carbocycles. The van der Waals surface area contributed by atoms with E-state index in [-0.39, 0.29) is 11.7 Å². The van der Waals surface area contributed by atoms with E-state index in [1.54, 1.807) is 7.11 Å². The van der Waals surface area contributed by atoms with Crippen LogP contribution >= 0.6 is 11.8 Å². The smallest absolute Gasteiger partial charge is 0.230 e. The Labute approximate surface area is 168 Å². The predicted octanol–water partition coefficient (Wildman–Crippen LogP) is 3.56. The van der Waals surface area contributed by atoms with Crippen LogP contribution in [0.5, 0.6) is 5.75 Å². The van der Waals surface area contributed by atoms with Gasteiger partial charge in [-0.05, 0) is 31.0 Å². The molecule has 6 nitrogen and oxygen atoms in total. The molecule has 1 fully saturated rings. The molecule has 28 heavy (non-hydrogen) atoms. The Hall–Kier alpha value is -2.80. The van der Waals surface area contributed by atoms with Gasteiger partial charge in [-0.2, -0.15) is 0 Å². The van der Waals surface area contributed by atoms with E-state index in [4.69, 9.17) is 4.74 Å². The van der Waals surface area contributed by atoms with E-state index in [9.17, 15) is 4.79 Å². The third kappa shape index (κ3) is 4.20. The van der Waals surface area contributed by atoms with Crippen LogP contribution < -0.4 is 10.1 Å². The van der Waals surface area contributed by atoms with E-state index >= 15 is 0 Å². The van der Waals surface area contributed by atoms with Crippen LogP contribution in [0.4, 0.5) is 0 Å². The second kappa shape index (κ2) is 8.48. The summed E-state index contributed by atoms with van der Waals surface area (Å²) in [4.78, 5) is 12.4. The molecule has 0 spiro atoms. The number of hydrogen-bond donors (Lipinski definition) is 1. The van der Waals surface area contributed by atoms with Crippen LogP contribution in [0.25, 0.3) is 5.69 Å². The highest BCUT2D eigenvalue weighted by molar-refractivity contribution is 7.99. The quantitative estimate of drug-likeness (QED) is 0.592. The molecule has 1 N–H and O–H groups in total. The van der Waals surface area contributed by atoms with Gasteiger partial charge < -0.3 is 10.1 Å². The Morgan fingerprint density at radius 1 is 1.14 bits per heavy atom. The maximum Gasteiger partial charge on any atom is 0.230 e. The molecule has 0 radical (unpaired) electrons. The van der Waals surface area contributed by atoms with Gasteiger partial charge >= 0.3 is 0 Å². The summed E-state index contributed by atoms with van der Waals surface area (Å²) in [5.74, 6) is 2.47. The Balaban J connectivity index is 1.41. The molecular formula is C21H22N4O2S. The predicted molar refractivity (Wildman–Crippen MR) is 109 cm³/mol. The molecular weight excluding hydrogens is 372 g/mol. The van der Waals surface area contributed by atoms with Gasteiger partial charge in [0, 0.05) is 23.7 Å². The first-order chi connectivity index (χ1) is 13.8. The van der Waals surface area contributed by atoms with E-state index in [0.29, 0.717) is 12.5 Å². The number of nitrogens with zero attached hydrogens (tertiary/aromatic N) is 3. The zero-order valence-corrected chi connectivity index (χ0v) is 16.5. The molecule has 0 saturated heterocycles. The van der Waals surface area contributed by atoms with Gasteiger partial charge in [0.2, 0.25) is 5.91 Å². The fraction of sp³-hybridized carbons (Fsp3) is 0.286. The molecule has 3 aromatic rings. The largest absolute Gasteiger partial charge is 0.496 e. The maximum absolute atomic E-state index is 12.4. The van der Waals surface area contributed by atoms with Gasteiger partial charge in [-0.3, -0.25) is 9.36 Å². The van der Waals surface area contributed by atoms with Gasteiger partial charge in [0.25, 0.3) is 0 Å². The summed E-state index contributed by atoms with van der Waals surface area (Å²) >= 11 is 1.41. The number of nitrogens with one attached hydrogen (secondary N) is 1. The molecule has 7 heteroatoms. The Kier molecular flexibility index (Phi) is 5.62. The van der Waals surface area contributed by atoms with E-state index in [2.05, 4.69) is 20.1 Å². The zero-order valence-electron chi connectivity index (χ0n) is 15.7. The molecule has 0 atom stereocenters. The minimum Gasteiger partial charge on any atom is -0.496 e. The minimum atomic E-state index is -0.0495. The molecule has 1 aliphatic rings. The van der Waals surface area contributed by atoms with Crippen LogP contribution in [0.1, 0.15) is 30.1 Å². The summed E-state index contributed by atoms with van der Waals surface area (Å²) in [6.07, 6.45) is 2.30. The van der Waals surface area contributed by atoms with Crippen molar-refractivity contribution < 1.29 is 9.53 Å². The molecule has 1 aromatic heterocycles. The lowest BCUT2D eigenvalue weighted by Crippen LogP contribution is -2.25. The van der Waals surface area contributed by atoms with Crippen LogP contribution in [0, 0.1) is 0 Å². The SMILES string of the molecule is COc1ccccc1CNC(=O)CSc1nnc(C2CC2)n1-c1ccccc1. The third-order valence-corrected chi connectivity index (χ3v) is 5.55. The number of ether oxygens (including phenoxy) is 1. The molecule has 0 bridgehead atoms. The van der Waals surface area contributed by atoms with Crippen molar-refractivity contribution in [1.82, 2.24) is 20.1 Å². The minimum absolute atomic E-state index is 0.0495. The number of carbonyl (C=O) groups is 1. The number of thioether (sulfide) groups is 1. The summed E-state index contributed by atoms with van der Waals surface area (Å²) in [6, 6.07) is 17.7. The van der Waals surface area contributed by atoms with Gasteiger partial charge in [0.05, 0.1) is 12.9 Å². The first kappa shape index (κ1) is 18.6. The van der Waals surface area contributed by atoms with E-state index in [0.717, 1.165) is 40.8 Å². The highest BCUT2D eigenvalue weighted by atomic mass is 32.2. The first-order valence-corrected chi connectivity index (χ1v) is 10.3. The number of benzene rings is 2. The zero-order chi connectivity index (χ0) is 19.3. The van der Waals surface area contributed by atoms with Crippen molar-refractivity contribution in [2.75, 3.05) is 12.9 Å². The summed E-state index contributed by atoms with van der Waals surface area (Å²) in [7, 11) is 1.63. The van der Waals surface area contributed by atoms with Crippen molar-refractivity contribution in [3.63, 3.8) is 0 Å². The van der Waals surface area contributed by atoms with Gasteiger partial charge in [-0.25, -0.2) is 0 Å². The molecule has 1 amide bonds. The standard InChI is InChI=1S/C21H22N4O2S/c1-27-18-10-6-5-7-16(18)13-22-19(26)14-28-21-24-23-20(15-11-12-15)25(21)17-8-3-2-4-9-17/h2-10,15H,11-14H2,1H3,(H,22,26). The summed E-state index contributed by atoms with van der Waals surface area (Å²) in [5, 5.41) is 12.4. The van der Waals surface area contributed by atoms with Gasteiger partial charge in [0.1, 0.15) is 11.6 Å². The lowest BCUT2D eigenvalue weighted by Gasteiger charge is -2.11. The number of para-hydroxylation sites is 2. The van der Waals surface area contributed by atoms with Crippen molar-refractivity contribution in [3.05, 3.63) is 66.0 Å². The van der Waals surface area contributed by atoms with Crippen molar-refractivity contribution in [2.45, 2.75) is 30.5 Å². The van der Waals surface area contributed by atoms with Crippen molar-refractivity contribution in [3.8, 4) is 11.4 Å².